The second-order valence-corrected chi connectivity index (χ2v) is 36.6. The Morgan fingerprint density at radius 2 is 0.726 bits per heavy atom. The second-order valence-electron chi connectivity index (χ2n) is 26.3. The zero-order valence-corrected chi connectivity index (χ0v) is 70.3. The number of piperidine rings is 3. The van der Waals surface area contributed by atoms with E-state index < -0.39 is 29.1 Å². The van der Waals surface area contributed by atoms with E-state index in [0.717, 1.165) is 91.8 Å². The van der Waals surface area contributed by atoms with E-state index in [1.54, 1.807) is 69.9 Å². The topological polar surface area (TPSA) is 264 Å². The Hall–Kier alpha value is -5.13. The summed E-state index contributed by atoms with van der Waals surface area (Å²) in [5.41, 5.74) is 4.47. The smallest absolute Gasteiger partial charge is 0.229 e. The summed E-state index contributed by atoms with van der Waals surface area (Å²) < 4.78 is 103. The fourth-order valence-corrected chi connectivity index (χ4v) is 15.3. The quantitative estimate of drug-likeness (QED) is 0.0343. The van der Waals surface area contributed by atoms with Crippen molar-refractivity contribution in [2.75, 3.05) is 101 Å². The maximum atomic E-state index is 12.6. The minimum Gasteiger partial charge on any atom is -0.496 e. The molecule has 3 aliphatic heterocycles. The number of rotatable bonds is 23. The summed E-state index contributed by atoms with van der Waals surface area (Å²) in [6.07, 6.45) is 9.45. The summed E-state index contributed by atoms with van der Waals surface area (Å²) in [5.74, 6) is 5.56. The lowest BCUT2D eigenvalue weighted by Crippen LogP contribution is -2.40. The van der Waals surface area contributed by atoms with Gasteiger partial charge in [-0.25, -0.2) is 33.9 Å². The van der Waals surface area contributed by atoms with Crippen LogP contribution < -0.4 is 49.7 Å². The minimum absolute atomic E-state index is 0.0396. The van der Waals surface area contributed by atoms with Crippen molar-refractivity contribution in [1.29, 1.82) is 0 Å². The van der Waals surface area contributed by atoms with Gasteiger partial charge in [-0.05, 0) is 178 Å². The van der Waals surface area contributed by atoms with Gasteiger partial charge < -0.3 is 49.7 Å². The molecule has 6 aromatic carbocycles. The number of amides is 3. The number of carbonyl (C=O) groups excluding carboxylic acids is 3. The average Bonchev–Trinajstić information content (AvgIpc) is 0.822. The molecule has 106 heavy (non-hydrogen) atoms. The Morgan fingerprint density at radius 1 is 0.462 bits per heavy atom. The largest absolute Gasteiger partial charge is 0.496 e. The van der Waals surface area contributed by atoms with Gasteiger partial charge in [0.2, 0.25) is 46.8 Å². The molecule has 6 aromatic rings. The number of halogens is 9. The molecule has 0 aromatic heterocycles. The second kappa shape index (κ2) is 43.5. The molecular formula is C73H93Cl9N6O15S3. The van der Waals surface area contributed by atoms with Gasteiger partial charge >= 0.3 is 0 Å². The molecule has 3 unspecified atom stereocenters. The highest BCUT2D eigenvalue weighted by atomic mass is 35.7. The van der Waals surface area contributed by atoms with Crippen LogP contribution >= 0.6 is 103 Å². The molecule has 0 bridgehead atoms. The number of ether oxygens (including phenoxy) is 6. The third-order valence-corrected chi connectivity index (χ3v) is 20.9. The molecule has 0 radical (unpaired) electrons. The van der Waals surface area contributed by atoms with Crippen LogP contribution in [0.5, 0.6) is 51.7 Å². The molecule has 3 atom stereocenters. The number of nitrogens with one attached hydrogen (secondary N) is 4. The van der Waals surface area contributed by atoms with E-state index in [0.29, 0.717) is 88.6 Å². The molecule has 3 fully saturated rings. The van der Waals surface area contributed by atoms with Gasteiger partial charge in [-0.1, -0.05) is 111 Å². The Balaban J connectivity index is 0.000000271. The van der Waals surface area contributed by atoms with Crippen molar-refractivity contribution >= 4 is 167 Å². The summed E-state index contributed by atoms with van der Waals surface area (Å²) in [6, 6.07) is 26.2. The summed E-state index contributed by atoms with van der Waals surface area (Å²) >= 11 is 48.1. The van der Waals surface area contributed by atoms with Crippen LogP contribution in [-0.4, -0.2) is 136 Å². The van der Waals surface area contributed by atoms with Crippen LogP contribution in [0.25, 0.3) is 0 Å². The van der Waals surface area contributed by atoms with Gasteiger partial charge in [0.05, 0.1) is 75.6 Å². The maximum Gasteiger partial charge on any atom is 0.229 e. The highest BCUT2D eigenvalue weighted by Gasteiger charge is 2.30. The Bertz CT molecular complexity index is 4050. The van der Waals surface area contributed by atoms with Gasteiger partial charge in [-0.15, -0.1) is 23.2 Å². The van der Waals surface area contributed by atoms with Gasteiger partial charge in [0.1, 0.15) is 34.5 Å². The first-order chi connectivity index (χ1) is 49.7. The highest BCUT2D eigenvalue weighted by molar-refractivity contribution is 8.13. The minimum atomic E-state index is -3.26. The molecule has 0 aliphatic carbocycles. The fraction of sp³-hybridized carbons (Fsp3) is 0.466. The van der Waals surface area contributed by atoms with Crippen LogP contribution in [0.3, 0.4) is 0 Å². The molecular weight excluding hydrogens is 1620 g/mol. The Labute approximate surface area is 668 Å². The average molecular weight is 1710 g/mol. The van der Waals surface area contributed by atoms with Gasteiger partial charge in [0, 0.05) is 89.9 Å². The first kappa shape index (κ1) is 91.5. The molecule has 3 heterocycles. The highest BCUT2D eigenvalue weighted by Crippen LogP contribution is 2.45. The molecule has 3 saturated heterocycles. The molecule has 21 nitrogen and oxygen atoms in total. The lowest BCUT2D eigenvalue weighted by molar-refractivity contribution is -0.118. The molecule has 3 amide bonds. The van der Waals surface area contributed by atoms with E-state index in [1.807, 2.05) is 42.5 Å². The van der Waals surface area contributed by atoms with Crippen molar-refractivity contribution < 1.29 is 68.1 Å². The summed E-state index contributed by atoms with van der Waals surface area (Å²) in [7, 11) is -0.321. The molecule has 4 N–H and O–H groups in total. The summed E-state index contributed by atoms with van der Waals surface area (Å²) in [5, 5.41) is 13.7. The number of methoxy groups -OCH3 is 3. The fourth-order valence-electron chi connectivity index (χ4n) is 11.7. The number of carbonyl (C=O) groups is 3. The Morgan fingerprint density at radius 3 is 0.962 bits per heavy atom. The molecule has 0 spiro atoms. The van der Waals surface area contributed by atoms with Crippen molar-refractivity contribution in [3.8, 4) is 51.7 Å². The van der Waals surface area contributed by atoms with Crippen molar-refractivity contribution in [2.24, 2.45) is 17.8 Å². The number of benzene rings is 6. The normalized spacial score (nSPS) is 16.2. The first-order valence-electron chi connectivity index (χ1n) is 33.8. The lowest BCUT2D eigenvalue weighted by atomic mass is 9.96. The van der Waals surface area contributed by atoms with E-state index in [4.69, 9.17) is 121 Å². The first-order valence-corrected chi connectivity index (χ1v) is 43.6. The predicted octanol–water partition coefficient (Wildman–Crippen LogP) is 19.7. The predicted molar refractivity (Wildman–Crippen MR) is 432 cm³/mol. The number of alkyl halides is 2. The van der Waals surface area contributed by atoms with Crippen LogP contribution in [-0.2, 0) is 43.5 Å². The third kappa shape index (κ3) is 30.6. The van der Waals surface area contributed by atoms with E-state index in [-0.39, 0.29) is 97.1 Å². The summed E-state index contributed by atoms with van der Waals surface area (Å²) in [4.78, 5) is 37.6. The van der Waals surface area contributed by atoms with Crippen LogP contribution in [0.4, 0.5) is 17.1 Å². The molecule has 3 aliphatic rings. The van der Waals surface area contributed by atoms with Crippen LogP contribution in [0.1, 0.15) is 134 Å². The Kier molecular flexibility index (Phi) is 37.5. The molecule has 33 heteroatoms. The van der Waals surface area contributed by atoms with Gasteiger partial charge in [0.25, 0.3) is 0 Å². The van der Waals surface area contributed by atoms with E-state index in [9.17, 15) is 39.6 Å². The van der Waals surface area contributed by atoms with E-state index >= 15 is 0 Å². The molecule has 9 rings (SSSR count). The van der Waals surface area contributed by atoms with Crippen molar-refractivity contribution in [2.45, 2.75) is 117 Å². The number of nitrogens with zero attached hydrogens (tertiary/aromatic N) is 2. The van der Waals surface area contributed by atoms with Gasteiger partial charge in [-0.2, -0.15) is 0 Å². The van der Waals surface area contributed by atoms with Crippen molar-refractivity contribution in [1.82, 2.24) is 13.9 Å². The van der Waals surface area contributed by atoms with Crippen LogP contribution in [0.15, 0.2) is 91.0 Å². The molecule has 586 valence electrons. The number of sulfonamides is 2. The van der Waals surface area contributed by atoms with Crippen LogP contribution in [0.2, 0.25) is 30.1 Å². The van der Waals surface area contributed by atoms with E-state index in [2.05, 4.69) is 73.5 Å². The SMILES string of the molecule is COc1ccc(Oc2c(Cl)cc(NC(=O)CC3CCCN(S(C)(=O)=O)C3)cc2Cl)cc1C(C)C.COc1ccc(Oc2c(Cl)cc(NC(=O)CC3CCCN(S(C)(=O)=O)C3)cc2Cl)cc1C(C)C.COc1ccc(Oc2c(Cl)cc(NC(=O)CC3CCCNC3)cc2Cl)cc1C(C)C.CS(=O)(=O)Cl.ClCCl. The third-order valence-electron chi connectivity index (χ3n) is 16.7. The number of anilines is 3. The summed E-state index contributed by atoms with van der Waals surface area (Å²) in [6.45, 7) is 16.0. The number of hydrogen-bond donors (Lipinski definition) is 4. The zero-order valence-electron chi connectivity index (χ0n) is 61.1. The van der Waals surface area contributed by atoms with Crippen LogP contribution in [0, 0.1) is 17.8 Å². The van der Waals surface area contributed by atoms with Gasteiger partial charge in [0.15, 0.2) is 17.2 Å². The van der Waals surface area contributed by atoms with Crippen molar-refractivity contribution in [3.05, 3.63) is 138 Å². The molecule has 0 saturated carbocycles. The lowest BCUT2D eigenvalue weighted by Gasteiger charge is -2.30. The monoisotopic (exact) mass is 1700 g/mol. The maximum absolute atomic E-state index is 12.6. The zero-order chi connectivity index (χ0) is 79.0. The number of hydrogen-bond acceptors (Lipinski definition) is 16. The standard InChI is InChI=1S/2C24H30Cl2N2O5S.C23H28Cl2N2O3.CH2Cl2.CH3ClO2S/c2*1-15(2)19-13-18(7-8-22(19)32-3)33-24-20(25)11-17(12-21(24)26)27-23(29)10-16-6-5-9-28(14-16)34(4,30)31;1-14(2)18-12-17(6-7-21(18)29-3)30-23-19(24)10-16(11-20(23)25)27-22(28)9-15-5-4-8-26-13-15;2-1-3;1-5(2,3)4/h2*7-8,11-13,15-16H,5-6,9-10,14H2,1-4H3,(H,27,29);6-7,10-12,14-15,26H,4-5,8-9,13H2,1-3H3,(H,27,28);1H2;1H3. The van der Waals surface area contributed by atoms with E-state index in [1.165, 1.54) is 21.1 Å². The van der Waals surface area contributed by atoms with Gasteiger partial charge in [-0.3, -0.25) is 14.4 Å². The van der Waals surface area contributed by atoms with Crippen molar-refractivity contribution in [3.63, 3.8) is 0 Å².